The van der Waals surface area contributed by atoms with Gasteiger partial charge in [-0.1, -0.05) is 48.4 Å². The Morgan fingerprint density at radius 3 is 2.52 bits per heavy atom. The Labute approximate surface area is 125 Å². The van der Waals surface area contributed by atoms with Gasteiger partial charge in [-0.3, -0.25) is 0 Å². The van der Waals surface area contributed by atoms with Gasteiger partial charge in [-0.2, -0.15) is 0 Å². The van der Waals surface area contributed by atoms with Gasteiger partial charge in [0.25, 0.3) is 0 Å². The van der Waals surface area contributed by atoms with Crippen LogP contribution in [0.25, 0.3) is 0 Å². The highest BCUT2D eigenvalue weighted by Gasteiger charge is 2.22. The summed E-state index contributed by atoms with van der Waals surface area (Å²) in [6.45, 7) is 2.12. The molecule has 0 heterocycles. The van der Waals surface area contributed by atoms with Gasteiger partial charge in [-0.15, -0.1) is 6.42 Å². The first-order valence-corrected chi connectivity index (χ1v) is 6.80. The molecule has 21 heavy (non-hydrogen) atoms. The Morgan fingerprint density at radius 2 is 1.86 bits per heavy atom. The number of anilines is 1. The van der Waals surface area contributed by atoms with Crippen LogP contribution in [0.1, 0.15) is 24.1 Å². The summed E-state index contributed by atoms with van der Waals surface area (Å²) in [6.07, 6.45) is 5.49. The van der Waals surface area contributed by atoms with E-state index in [0.717, 1.165) is 11.3 Å². The molecule has 2 aromatic carbocycles. The highest BCUT2D eigenvalue weighted by atomic mass is 16.5. The van der Waals surface area contributed by atoms with Crippen LogP contribution in [0.5, 0.6) is 0 Å². The fourth-order valence-corrected chi connectivity index (χ4v) is 2.04. The van der Waals surface area contributed by atoms with Crippen molar-refractivity contribution in [3.63, 3.8) is 0 Å². The lowest BCUT2D eigenvalue weighted by molar-refractivity contribution is -0.144. The van der Waals surface area contributed by atoms with E-state index in [2.05, 4.69) is 11.2 Å². The lowest BCUT2D eigenvalue weighted by Gasteiger charge is -2.19. The summed E-state index contributed by atoms with van der Waals surface area (Å²) in [7, 11) is 0. The van der Waals surface area contributed by atoms with E-state index in [1.807, 2.05) is 54.6 Å². The van der Waals surface area contributed by atoms with Gasteiger partial charge < -0.3 is 10.1 Å². The lowest BCUT2D eigenvalue weighted by atomic mass is 10.1. The molecule has 0 saturated heterocycles. The molecule has 106 valence electrons. The van der Waals surface area contributed by atoms with Gasteiger partial charge in [-0.25, -0.2) is 4.79 Å². The molecule has 0 radical (unpaired) electrons. The smallest absolute Gasteiger partial charge is 0.333 e. The molecule has 2 rings (SSSR count). The molecule has 1 N–H and O–H groups in total. The molecule has 3 heteroatoms. The van der Waals surface area contributed by atoms with E-state index in [0.29, 0.717) is 12.2 Å². The summed E-state index contributed by atoms with van der Waals surface area (Å²) >= 11 is 0. The molecule has 0 aliphatic rings. The van der Waals surface area contributed by atoms with E-state index in [4.69, 9.17) is 11.2 Å². The van der Waals surface area contributed by atoms with Crippen LogP contribution in [0.3, 0.4) is 0 Å². The van der Waals surface area contributed by atoms with E-state index in [1.165, 1.54) is 0 Å². The molecule has 2 aromatic rings. The molecule has 0 aromatic heterocycles. The predicted molar refractivity (Wildman–Crippen MR) is 83.8 cm³/mol. The van der Waals surface area contributed by atoms with Gasteiger partial charge in [0, 0.05) is 5.56 Å². The van der Waals surface area contributed by atoms with Gasteiger partial charge in [-0.05, 0) is 24.6 Å². The van der Waals surface area contributed by atoms with Crippen molar-refractivity contribution in [2.45, 2.75) is 13.0 Å². The number of benzene rings is 2. The van der Waals surface area contributed by atoms with Gasteiger partial charge in [0.05, 0.1) is 12.3 Å². The Morgan fingerprint density at radius 1 is 1.19 bits per heavy atom. The summed E-state index contributed by atoms with van der Waals surface area (Å²) in [6, 6.07) is 16.3. The minimum absolute atomic E-state index is 0.324. The second-order valence-corrected chi connectivity index (χ2v) is 4.43. The summed E-state index contributed by atoms with van der Waals surface area (Å²) in [4.78, 5) is 12.2. The van der Waals surface area contributed by atoms with Crippen molar-refractivity contribution in [1.29, 1.82) is 0 Å². The monoisotopic (exact) mass is 279 g/mol. The van der Waals surface area contributed by atoms with Crippen molar-refractivity contribution in [2.75, 3.05) is 11.9 Å². The number of nitrogens with one attached hydrogen (secondary N) is 1. The molecular formula is C18H17NO2. The largest absolute Gasteiger partial charge is 0.464 e. The fraction of sp³-hybridized carbons (Fsp3) is 0.167. The maximum Gasteiger partial charge on any atom is 0.333 e. The van der Waals surface area contributed by atoms with Crippen LogP contribution in [0.15, 0.2) is 54.6 Å². The maximum absolute atomic E-state index is 12.2. The number of rotatable bonds is 5. The normalized spacial score (nSPS) is 11.2. The second kappa shape index (κ2) is 7.16. The Bertz CT molecular complexity index is 644. The van der Waals surface area contributed by atoms with Crippen molar-refractivity contribution >= 4 is 11.7 Å². The number of esters is 1. The van der Waals surface area contributed by atoms with Crippen LogP contribution in [0.2, 0.25) is 0 Å². The minimum atomic E-state index is -0.583. The number of ether oxygens (including phenoxy) is 1. The first-order chi connectivity index (χ1) is 10.3. The molecule has 0 saturated carbocycles. The van der Waals surface area contributed by atoms with Crippen LogP contribution in [-0.4, -0.2) is 12.6 Å². The summed E-state index contributed by atoms with van der Waals surface area (Å²) < 4.78 is 5.15. The van der Waals surface area contributed by atoms with Crippen LogP contribution in [0.4, 0.5) is 5.69 Å². The highest BCUT2D eigenvalue weighted by Crippen LogP contribution is 2.23. The van der Waals surface area contributed by atoms with E-state index in [-0.39, 0.29) is 5.97 Å². The number of terminal acetylenes is 1. The summed E-state index contributed by atoms with van der Waals surface area (Å²) in [5, 5.41) is 3.18. The van der Waals surface area contributed by atoms with E-state index in [9.17, 15) is 4.79 Å². The number of hydrogen-bond donors (Lipinski definition) is 1. The maximum atomic E-state index is 12.2. The molecule has 0 bridgehead atoms. The number of para-hydroxylation sites is 1. The second-order valence-electron chi connectivity index (χ2n) is 4.43. The molecule has 0 fully saturated rings. The third kappa shape index (κ3) is 3.64. The van der Waals surface area contributed by atoms with Crippen LogP contribution in [-0.2, 0) is 9.53 Å². The standard InChI is InChI=1S/C18H17NO2/c1-3-14-10-8-9-13-16(14)19-17(18(20)21-4-2)15-11-6-5-7-12-15/h1,5-13,17,19H,4H2,2H3. The number of carbonyl (C=O) groups excluding carboxylic acids is 1. The van der Waals surface area contributed by atoms with Gasteiger partial charge in [0.1, 0.15) is 0 Å². The van der Waals surface area contributed by atoms with E-state index in [1.54, 1.807) is 6.92 Å². The van der Waals surface area contributed by atoms with Gasteiger partial charge in [0.2, 0.25) is 0 Å². The third-order valence-electron chi connectivity index (χ3n) is 3.04. The molecule has 0 spiro atoms. The lowest BCUT2D eigenvalue weighted by Crippen LogP contribution is -2.23. The molecule has 1 atom stereocenters. The molecule has 1 unspecified atom stereocenters. The topological polar surface area (TPSA) is 38.3 Å². The molecular weight excluding hydrogens is 262 g/mol. The molecule has 0 aliphatic heterocycles. The number of carbonyl (C=O) groups is 1. The zero-order valence-electron chi connectivity index (χ0n) is 11.9. The van der Waals surface area contributed by atoms with Crippen molar-refractivity contribution < 1.29 is 9.53 Å². The van der Waals surface area contributed by atoms with Crippen molar-refractivity contribution in [3.8, 4) is 12.3 Å². The molecule has 3 nitrogen and oxygen atoms in total. The zero-order chi connectivity index (χ0) is 15.1. The highest BCUT2D eigenvalue weighted by molar-refractivity contribution is 5.81. The van der Waals surface area contributed by atoms with E-state index >= 15 is 0 Å². The molecule has 0 aliphatic carbocycles. The Hall–Kier alpha value is -2.73. The van der Waals surface area contributed by atoms with Gasteiger partial charge in [0.15, 0.2) is 6.04 Å². The first kappa shape index (κ1) is 14.7. The summed E-state index contributed by atoms with van der Waals surface area (Å²) in [5.74, 6) is 2.29. The Balaban J connectivity index is 2.33. The van der Waals surface area contributed by atoms with Crippen molar-refractivity contribution in [1.82, 2.24) is 0 Å². The first-order valence-electron chi connectivity index (χ1n) is 6.80. The van der Waals surface area contributed by atoms with Crippen LogP contribution >= 0.6 is 0 Å². The quantitative estimate of drug-likeness (QED) is 0.673. The average molecular weight is 279 g/mol. The zero-order valence-corrected chi connectivity index (χ0v) is 11.9. The Kier molecular flexibility index (Phi) is 5.00. The van der Waals surface area contributed by atoms with Crippen molar-refractivity contribution in [3.05, 3.63) is 65.7 Å². The third-order valence-corrected chi connectivity index (χ3v) is 3.04. The number of hydrogen-bond acceptors (Lipinski definition) is 3. The predicted octanol–water partition coefficient (Wildman–Crippen LogP) is 3.38. The van der Waals surface area contributed by atoms with Gasteiger partial charge >= 0.3 is 5.97 Å². The molecule has 0 amide bonds. The summed E-state index contributed by atoms with van der Waals surface area (Å²) in [5.41, 5.74) is 2.28. The van der Waals surface area contributed by atoms with Crippen LogP contribution < -0.4 is 5.32 Å². The van der Waals surface area contributed by atoms with Crippen LogP contribution in [0, 0.1) is 12.3 Å². The minimum Gasteiger partial charge on any atom is -0.464 e. The average Bonchev–Trinajstić information content (AvgIpc) is 2.54. The fourth-order valence-electron chi connectivity index (χ4n) is 2.04. The van der Waals surface area contributed by atoms with Crippen molar-refractivity contribution in [2.24, 2.45) is 0 Å². The van der Waals surface area contributed by atoms with E-state index < -0.39 is 6.04 Å². The SMILES string of the molecule is C#Cc1ccccc1NC(C(=O)OCC)c1ccccc1.